The van der Waals surface area contributed by atoms with E-state index in [1.54, 1.807) is 19.9 Å². The van der Waals surface area contributed by atoms with Gasteiger partial charge >= 0.3 is 5.97 Å². The molecule has 2 aromatic rings. The number of nitrogens with zero attached hydrogens (tertiary/aromatic N) is 4. The van der Waals surface area contributed by atoms with Crippen molar-refractivity contribution in [1.82, 2.24) is 9.97 Å². The Morgan fingerprint density at radius 2 is 1.86 bits per heavy atom. The van der Waals surface area contributed by atoms with E-state index in [2.05, 4.69) is 19.1 Å². The van der Waals surface area contributed by atoms with Gasteiger partial charge in [0, 0.05) is 23.6 Å². The number of esters is 1. The third kappa shape index (κ3) is 4.46. The maximum Gasteiger partial charge on any atom is 0.339 e. The summed E-state index contributed by atoms with van der Waals surface area (Å²) in [6.07, 6.45) is 0.193. The van der Waals surface area contributed by atoms with Crippen molar-refractivity contribution in [2.75, 3.05) is 17.8 Å². The van der Waals surface area contributed by atoms with Gasteiger partial charge in [-0.05, 0) is 32.0 Å². The Kier molecular flexibility index (Phi) is 5.99. The maximum atomic E-state index is 13.0. The average Bonchev–Trinajstić information content (AvgIpc) is 2.66. The van der Waals surface area contributed by atoms with Crippen LogP contribution in [0, 0.1) is 13.8 Å². The van der Waals surface area contributed by atoms with Crippen LogP contribution in [0.2, 0.25) is 0 Å². The molecule has 2 heterocycles. The van der Waals surface area contributed by atoms with Gasteiger partial charge in [0.25, 0.3) is 10.0 Å². The number of hydrogen-bond acceptors (Lipinski definition) is 8. The van der Waals surface area contributed by atoms with Crippen LogP contribution in [-0.4, -0.2) is 48.3 Å². The highest BCUT2D eigenvalue weighted by molar-refractivity contribution is 8.15. The Morgan fingerprint density at radius 3 is 2.52 bits per heavy atom. The van der Waals surface area contributed by atoms with Crippen LogP contribution < -0.4 is 4.90 Å². The standard InChI is InChI=1S/C18H18N4O5S2/c1-11-10-12(2)20-17(19-11)22-15(23)8-9-28-18(22)21-29(25,26)14-7-5-4-6-13(14)16(24)27-3/h4-7,10H,8-9H2,1-3H3/b21-18-. The zero-order valence-electron chi connectivity index (χ0n) is 15.9. The van der Waals surface area contributed by atoms with Crippen molar-refractivity contribution in [3.63, 3.8) is 0 Å². The normalized spacial score (nSPS) is 16.2. The van der Waals surface area contributed by atoms with Gasteiger partial charge < -0.3 is 4.74 Å². The second-order valence-electron chi connectivity index (χ2n) is 6.11. The van der Waals surface area contributed by atoms with Crippen LogP contribution in [0.4, 0.5) is 5.95 Å². The summed E-state index contributed by atoms with van der Waals surface area (Å²) in [6, 6.07) is 7.34. The Bertz CT molecular complexity index is 1090. The highest BCUT2D eigenvalue weighted by atomic mass is 32.2. The second kappa shape index (κ2) is 8.29. The molecule has 0 saturated carbocycles. The molecule has 0 bridgehead atoms. The van der Waals surface area contributed by atoms with Gasteiger partial charge in [-0.15, -0.1) is 4.40 Å². The highest BCUT2D eigenvalue weighted by Crippen LogP contribution is 2.27. The third-order valence-corrected chi connectivity index (χ3v) is 6.31. The molecule has 1 aromatic heterocycles. The number of benzene rings is 1. The number of methoxy groups -OCH3 is 1. The number of thioether (sulfide) groups is 1. The molecule has 9 nitrogen and oxygen atoms in total. The fourth-order valence-electron chi connectivity index (χ4n) is 2.71. The molecular formula is C18H18N4O5S2. The summed E-state index contributed by atoms with van der Waals surface area (Å²) in [4.78, 5) is 33.8. The van der Waals surface area contributed by atoms with Gasteiger partial charge in [0.2, 0.25) is 11.9 Å². The largest absolute Gasteiger partial charge is 0.465 e. The van der Waals surface area contributed by atoms with Crippen LogP contribution in [-0.2, 0) is 19.6 Å². The monoisotopic (exact) mass is 434 g/mol. The SMILES string of the molecule is COC(=O)c1ccccc1S(=O)(=O)/N=C1\SCCC(=O)N1c1nc(C)cc(C)n1. The van der Waals surface area contributed by atoms with E-state index in [0.717, 1.165) is 23.8 Å². The summed E-state index contributed by atoms with van der Waals surface area (Å²) in [5.74, 6) is -0.724. The van der Waals surface area contributed by atoms with Crippen molar-refractivity contribution in [2.45, 2.75) is 25.2 Å². The molecule has 0 spiro atoms. The Morgan fingerprint density at radius 1 is 1.21 bits per heavy atom. The van der Waals surface area contributed by atoms with Crippen molar-refractivity contribution in [1.29, 1.82) is 0 Å². The summed E-state index contributed by atoms with van der Waals surface area (Å²) in [6.45, 7) is 3.50. The lowest BCUT2D eigenvalue weighted by Gasteiger charge is -2.26. The van der Waals surface area contributed by atoms with E-state index in [1.165, 1.54) is 24.3 Å². The Balaban J connectivity index is 2.12. The van der Waals surface area contributed by atoms with Gasteiger partial charge in [-0.2, -0.15) is 8.42 Å². The quantitative estimate of drug-likeness (QED) is 0.671. The van der Waals surface area contributed by atoms with Gasteiger partial charge in [0.05, 0.1) is 12.7 Å². The van der Waals surface area contributed by atoms with Gasteiger partial charge in [-0.25, -0.2) is 19.7 Å². The number of amidine groups is 1. The molecular weight excluding hydrogens is 416 g/mol. The van der Waals surface area contributed by atoms with Crippen molar-refractivity contribution in [2.24, 2.45) is 4.40 Å². The molecule has 0 atom stereocenters. The lowest BCUT2D eigenvalue weighted by atomic mass is 10.2. The predicted octanol–water partition coefficient (Wildman–Crippen LogP) is 2.09. The van der Waals surface area contributed by atoms with Crippen molar-refractivity contribution in [3.8, 4) is 0 Å². The Hall–Kier alpha value is -2.79. The molecule has 29 heavy (non-hydrogen) atoms. The molecule has 0 aliphatic carbocycles. The van der Waals surface area contributed by atoms with Crippen molar-refractivity contribution < 1.29 is 22.7 Å². The van der Waals surface area contributed by atoms with Crippen LogP contribution in [0.5, 0.6) is 0 Å². The number of aromatic nitrogens is 2. The predicted molar refractivity (Wildman–Crippen MR) is 108 cm³/mol. The molecule has 0 radical (unpaired) electrons. The van der Waals surface area contributed by atoms with E-state index in [4.69, 9.17) is 0 Å². The van der Waals surface area contributed by atoms with Crippen molar-refractivity contribution in [3.05, 3.63) is 47.3 Å². The molecule has 0 N–H and O–H groups in total. The number of sulfonamides is 1. The summed E-state index contributed by atoms with van der Waals surface area (Å²) >= 11 is 1.10. The zero-order valence-corrected chi connectivity index (χ0v) is 17.6. The zero-order chi connectivity index (χ0) is 21.2. The molecule has 1 amide bonds. The molecule has 1 fully saturated rings. The topological polar surface area (TPSA) is 119 Å². The minimum atomic E-state index is -4.31. The van der Waals surface area contributed by atoms with E-state index >= 15 is 0 Å². The van der Waals surface area contributed by atoms with Crippen LogP contribution >= 0.6 is 11.8 Å². The summed E-state index contributed by atoms with van der Waals surface area (Å²) in [7, 11) is -3.15. The number of amides is 1. The number of rotatable bonds is 4. The minimum Gasteiger partial charge on any atom is -0.465 e. The van der Waals surface area contributed by atoms with E-state index in [9.17, 15) is 18.0 Å². The third-order valence-electron chi connectivity index (χ3n) is 3.93. The Labute approximate surface area is 172 Å². The number of aryl methyl sites for hydroxylation is 2. The number of anilines is 1. The average molecular weight is 434 g/mol. The number of carbonyl (C=O) groups excluding carboxylic acids is 2. The fourth-order valence-corrected chi connectivity index (χ4v) is 5.05. The molecule has 1 aromatic carbocycles. The molecule has 1 saturated heterocycles. The van der Waals surface area contributed by atoms with E-state index < -0.39 is 16.0 Å². The maximum absolute atomic E-state index is 13.0. The summed E-state index contributed by atoms with van der Waals surface area (Å²) in [5.41, 5.74) is 1.13. The first-order chi connectivity index (χ1) is 13.7. The lowest BCUT2D eigenvalue weighted by Crippen LogP contribution is -2.41. The van der Waals surface area contributed by atoms with E-state index in [1.807, 2.05) is 0 Å². The molecule has 1 aliphatic heterocycles. The fraction of sp³-hybridized carbons (Fsp3) is 0.278. The lowest BCUT2D eigenvalue weighted by molar-refractivity contribution is -0.117. The molecule has 1 aliphatic rings. The van der Waals surface area contributed by atoms with Crippen molar-refractivity contribution >= 4 is 44.8 Å². The van der Waals surface area contributed by atoms with Gasteiger partial charge in [-0.1, -0.05) is 23.9 Å². The number of hydrogen-bond donors (Lipinski definition) is 0. The smallest absolute Gasteiger partial charge is 0.339 e. The van der Waals surface area contributed by atoms with E-state index in [-0.39, 0.29) is 33.9 Å². The second-order valence-corrected chi connectivity index (χ2v) is 8.75. The minimum absolute atomic E-state index is 0.0640. The first kappa shape index (κ1) is 20.9. The number of carbonyl (C=O) groups is 2. The summed E-state index contributed by atoms with van der Waals surface area (Å²) < 4.78 is 34.4. The highest BCUT2D eigenvalue weighted by Gasteiger charge is 2.32. The van der Waals surface area contributed by atoms with Gasteiger partial charge in [0.1, 0.15) is 4.90 Å². The number of ether oxygens (including phenoxy) is 1. The van der Waals surface area contributed by atoms with Gasteiger partial charge in [0.15, 0.2) is 5.17 Å². The molecule has 11 heteroatoms. The van der Waals surface area contributed by atoms with Crippen LogP contribution in [0.3, 0.4) is 0 Å². The van der Waals surface area contributed by atoms with Gasteiger partial charge in [-0.3, -0.25) is 4.79 Å². The first-order valence-electron chi connectivity index (χ1n) is 8.53. The molecule has 152 valence electrons. The van der Waals surface area contributed by atoms with E-state index in [0.29, 0.717) is 17.1 Å². The first-order valence-corrected chi connectivity index (χ1v) is 11.0. The molecule has 3 rings (SSSR count). The van der Waals surface area contributed by atoms with Crippen LogP contribution in [0.15, 0.2) is 39.6 Å². The van der Waals surface area contributed by atoms with Crippen LogP contribution in [0.1, 0.15) is 28.2 Å². The molecule has 0 unspecified atom stereocenters. The summed E-state index contributed by atoms with van der Waals surface area (Å²) in [5, 5.41) is -0.0640. The van der Waals surface area contributed by atoms with Crippen LogP contribution in [0.25, 0.3) is 0 Å².